The van der Waals surface area contributed by atoms with Crippen LogP contribution in [-0.2, 0) is 0 Å². The smallest absolute Gasteiger partial charge is 0.269 e. The molecule has 1 aromatic heterocycles. The number of non-ortho nitro benzene ring substituents is 1. The second kappa shape index (κ2) is 7.59. The lowest BCUT2D eigenvalue weighted by molar-refractivity contribution is -0.384. The van der Waals surface area contributed by atoms with Crippen molar-refractivity contribution in [3.8, 4) is 23.1 Å². The number of nitriles is 1. The Morgan fingerprint density at radius 1 is 1.23 bits per heavy atom. The molecule has 0 amide bonds. The second-order valence-corrected chi connectivity index (χ2v) is 6.14. The van der Waals surface area contributed by atoms with Crippen LogP contribution in [0, 0.1) is 21.4 Å². The van der Waals surface area contributed by atoms with Crippen molar-refractivity contribution in [1.82, 2.24) is 4.98 Å². The third kappa shape index (κ3) is 3.77. The van der Waals surface area contributed by atoms with Gasteiger partial charge < -0.3 is 4.74 Å². The molecule has 0 N–H and O–H groups in total. The van der Waals surface area contributed by atoms with E-state index in [1.165, 1.54) is 23.5 Å². The molecule has 0 unspecified atom stereocenters. The molecule has 6 nitrogen and oxygen atoms in total. The van der Waals surface area contributed by atoms with Crippen molar-refractivity contribution in [2.75, 3.05) is 7.11 Å². The summed E-state index contributed by atoms with van der Waals surface area (Å²) in [5, 5.41) is 22.6. The van der Waals surface area contributed by atoms with Crippen molar-refractivity contribution in [3.63, 3.8) is 0 Å². The van der Waals surface area contributed by atoms with Crippen molar-refractivity contribution in [1.29, 1.82) is 5.26 Å². The first-order valence-corrected chi connectivity index (χ1v) is 8.45. The third-order valence-electron chi connectivity index (χ3n) is 3.66. The Bertz CT molecular complexity index is 1000. The molecule has 0 bridgehead atoms. The Hall–Kier alpha value is -3.50. The van der Waals surface area contributed by atoms with Gasteiger partial charge in [-0.2, -0.15) is 5.26 Å². The molecular formula is C19H13N3O3S. The highest BCUT2D eigenvalue weighted by Gasteiger charge is 2.10. The van der Waals surface area contributed by atoms with Crippen LogP contribution in [0.2, 0.25) is 0 Å². The number of aromatic nitrogens is 1. The van der Waals surface area contributed by atoms with Gasteiger partial charge in [0, 0.05) is 23.1 Å². The van der Waals surface area contributed by atoms with Gasteiger partial charge in [-0.3, -0.25) is 10.1 Å². The van der Waals surface area contributed by atoms with Crippen LogP contribution < -0.4 is 4.74 Å². The molecule has 0 spiro atoms. The summed E-state index contributed by atoms with van der Waals surface area (Å²) in [7, 11) is 1.61. The number of methoxy groups -OCH3 is 1. The molecule has 0 atom stereocenters. The normalized spacial score (nSPS) is 11.0. The fraction of sp³-hybridized carbons (Fsp3) is 0.0526. The average molecular weight is 363 g/mol. The molecule has 1 heterocycles. The van der Waals surface area contributed by atoms with Crippen molar-refractivity contribution in [2.45, 2.75) is 0 Å². The summed E-state index contributed by atoms with van der Waals surface area (Å²) >= 11 is 1.37. The fourth-order valence-electron chi connectivity index (χ4n) is 2.29. The first-order valence-electron chi connectivity index (χ1n) is 7.57. The minimum atomic E-state index is -0.458. The Kier molecular flexibility index (Phi) is 5.06. The Labute approximate surface area is 153 Å². The molecule has 0 radical (unpaired) electrons. The predicted octanol–water partition coefficient (Wildman–Crippen LogP) is 4.79. The molecule has 7 heteroatoms. The lowest BCUT2D eigenvalue weighted by atomic mass is 10.1. The first-order chi connectivity index (χ1) is 12.6. The zero-order chi connectivity index (χ0) is 18.5. The van der Waals surface area contributed by atoms with Crippen molar-refractivity contribution < 1.29 is 9.66 Å². The van der Waals surface area contributed by atoms with Gasteiger partial charge in [-0.05, 0) is 48.0 Å². The molecule has 0 aliphatic carbocycles. The quantitative estimate of drug-likeness (QED) is 0.369. The van der Waals surface area contributed by atoms with Gasteiger partial charge in [0.1, 0.15) is 16.8 Å². The zero-order valence-electron chi connectivity index (χ0n) is 13.7. The van der Waals surface area contributed by atoms with Crippen LogP contribution in [0.4, 0.5) is 5.69 Å². The van der Waals surface area contributed by atoms with Crippen LogP contribution in [0.25, 0.3) is 22.9 Å². The highest BCUT2D eigenvalue weighted by atomic mass is 32.1. The monoisotopic (exact) mass is 363 g/mol. The number of hydrogen-bond donors (Lipinski definition) is 0. The molecule has 26 heavy (non-hydrogen) atoms. The number of hydrogen-bond acceptors (Lipinski definition) is 6. The van der Waals surface area contributed by atoms with Crippen molar-refractivity contribution in [2.24, 2.45) is 0 Å². The van der Waals surface area contributed by atoms with E-state index in [1.54, 1.807) is 25.3 Å². The summed E-state index contributed by atoms with van der Waals surface area (Å²) < 4.78 is 5.14. The largest absolute Gasteiger partial charge is 0.497 e. The molecule has 128 valence electrons. The van der Waals surface area contributed by atoms with Crippen molar-refractivity contribution >= 4 is 28.7 Å². The molecule has 3 rings (SSSR count). The van der Waals surface area contributed by atoms with Crippen LogP contribution >= 0.6 is 11.3 Å². The first kappa shape index (κ1) is 17.3. The van der Waals surface area contributed by atoms with E-state index in [0.29, 0.717) is 16.1 Å². The maximum Gasteiger partial charge on any atom is 0.269 e. The summed E-state index contributed by atoms with van der Waals surface area (Å²) in [6, 6.07) is 15.7. The third-order valence-corrected chi connectivity index (χ3v) is 4.53. The van der Waals surface area contributed by atoms with E-state index >= 15 is 0 Å². The van der Waals surface area contributed by atoms with E-state index in [9.17, 15) is 15.4 Å². The summed E-state index contributed by atoms with van der Waals surface area (Å²) in [5.74, 6) is 0.764. The number of nitrogens with zero attached hydrogens (tertiary/aromatic N) is 3. The van der Waals surface area contributed by atoms with Crippen LogP contribution in [0.5, 0.6) is 5.75 Å². The van der Waals surface area contributed by atoms with Crippen LogP contribution in [0.3, 0.4) is 0 Å². The maximum absolute atomic E-state index is 10.7. The van der Waals surface area contributed by atoms with Gasteiger partial charge in [0.2, 0.25) is 0 Å². The minimum absolute atomic E-state index is 0.0108. The summed E-state index contributed by atoms with van der Waals surface area (Å²) in [5.41, 5.74) is 2.83. The number of rotatable bonds is 5. The van der Waals surface area contributed by atoms with E-state index in [2.05, 4.69) is 11.1 Å². The van der Waals surface area contributed by atoms with Gasteiger partial charge in [-0.1, -0.05) is 0 Å². The number of ether oxygens (including phenoxy) is 1. The van der Waals surface area contributed by atoms with Crippen LogP contribution in [-0.4, -0.2) is 17.0 Å². The van der Waals surface area contributed by atoms with Gasteiger partial charge in [0.25, 0.3) is 5.69 Å². The Morgan fingerprint density at radius 2 is 1.92 bits per heavy atom. The summed E-state index contributed by atoms with van der Waals surface area (Å²) in [4.78, 5) is 14.8. The minimum Gasteiger partial charge on any atom is -0.497 e. The molecule has 0 saturated carbocycles. The SMILES string of the molecule is COc1ccc(-c2csc(C(C#N)=Cc3ccc([N+](=O)[O-])cc3)n2)cc1. The average Bonchev–Trinajstić information content (AvgIpc) is 3.16. The number of allylic oxidation sites excluding steroid dienone is 1. The highest BCUT2D eigenvalue weighted by Crippen LogP contribution is 2.28. The Balaban J connectivity index is 1.87. The lowest BCUT2D eigenvalue weighted by Crippen LogP contribution is -1.87. The summed E-state index contributed by atoms with van der Waals surface area (Å²) in [6.45, 7) is 0. The maximum atomic E-state index is 10.7. The predicted molar refractivity (Wildman–Crippen MR) is 101 cm³/mol. The highest BCUT2D eigenvalue weighted by molar-refractivity contribution is 7.11. The van der Waals surface area contributed by atoms with Crippen molar-refractivity contribution in [3.05, 3.63) is 74.6 Å². The molecule has 2 aromatic carbocycles. The van der Waals surface area contributed by atoms with Crippen LogP contribution in [0.1, 0.15) is 10.6 Å². The van der Waals surface area contributed by atoms with E-state index in [1.807, 2.05) is 29.6 Å². The molecule has 0 fully saturated rings. The van der Waals surface area contributed by atoms with Gasteiger partial charge in [-0.15, -0.1) is 11.3 Å². The number of nitro benzene ring substituents is 1. The second-order valence-electron chi connectivity index (χ2n) is 5.28. The Morgan fingerprint density at radius 3 is 2.50 bits per heavy atom. The lowest BCUT2D eigenvalue weighted by Gasteiger charge is -2.00. The van der Waals surface area contributed by atoms with Gasteiger partial charge in [0.15, 0.2) is 0 Å². The van der Waals surface area contributed by atoms with E-state index in [-0.39, 0.29) is 5.69 Å². The van der Waals surface area contributed by atoms with E-state index in [0.717, 1.165) is 17.0 Å². The number of nitro groups is 1. The summed E-state index contributed by atoms with van der Waals surface area (Å²) in [6.07, 6.45) is 1.67. The van der Waals surface area contributed by atoms with Crippen LogP contribution in [0.15, 0.2) is 53.9 Å². The van der Waals surface area contributed by atoms with E-state index in [4.69, 9.17) is 4.74 Å². The number of benzene rings is 2. The van der Waals surface area contributed by atoms with Gasteiger partial charge in [-0.25, -0.2) is 4.98 Å². The number of thiazole rings is 1. The molecule has 0 aliphatic rings. The molecule has 3 aromatic rings. The molecule has 0 saturated heterocycles. The fourth-order valence-corrected chi connectivity index (χ4v) is 3.09. The standard InChI is InChI=1S/C19H13N3O3S/c1-25-17-8-4-14(5-9-17)18-12-26-19(21-18)15(11-20)10-13-2-6-16(7-3-13)22(23)24/h2-10,12H,1H3. The molecular weight excluding hydrogens is 350 g/mol. The van der Waals surface area contributed by atoms with Gasteiger partial charge >= 0.3 is 0 Å². The molecule has 0 aliphatic heterocycles. The van der Waals surface area contributed by atoms with E-state index < -0.39 is 4.92 Å². The zero-order valence-corrected chi connectivity index (χ0v) is 14.6. The topological polar surface area (TPSA) is 89.0 Å². The van der Waals surface area contributed by atoms with Gasteiger partial charge in [0.05, 0.1) is 23.3 Å².